The van der Waals surface area contributed by atoms with Gasteiger partial charge >= 0.3 is 5.97 Å². The molecular weight excluding hydrogens is 392 g/mol. The molecule has 2 aromatic carbocycles. The second-order valence-corrected chi connectivity index (χ2v) is 8.03. The number of carbonyl (C=O) groups is 1. The van der Waals surface area contributed by atoms with Crippen LogP contribution in [-0.4, -0.2) is 26.3 Å². The number of ether oxygens (including phenoxy) is 3. The smallest absolute Gasteiger partial charge is 0.311 e. The van der Waals surface area contributed by atoms with Crippen LogP contribution in [0.2, 0.25) is 0 Å². The summed E-state index contributed by atoms with van der Waals surface area (Å²) in [6, 6.07) is 15.0. The summed E-state index contributed by atoms with van der Waals surface area (Å²) in [5.74, 6) is 1.50. The highest BCUT2D eigenvalue weighted by Crippen LogP contribution is 2.23. The summed E-state index contributed by atoms with van der Waals surface area (Å²) in [7, 11) is 1.63. The zero-order chi connectivity index (χ0) is 22.5. The van der Waals surface area contributed by atoms with Crippen molar-refractivity contribution in [3.05, 3.63) is 48.5 Å². The van der Waals surface area contributed by atoms with E-state index in [0.717, 1.165) is 55.0 Å². The lowest BCUT2D eigenvalue weighted by molar-refractivity contribution is -0.154. The van der Waals surface area contributed by atoms with Crippen LogP contribution in [0.15, 0.2) is 58.8 Å². The van der Waals surface area contributed by atoms with Crippen molar-refractivity contribution in [1.82, 2.24) is 0 Å². The summed E-state index contributed by atoms with van der Waals surface area (Å²) in [4.78, 5) is 11.9. The maximum Gasteiger partial charge on any atom is 0.311 e. The first-order valence-corrected chi connectivity index (χ1v) is 10.9. The number of nitrogens with zero attached hydrogens (tertiary/aromatic N) is 2. The van der Waals surface area contributed by atoms with Gasteiger partial charge in [0.15, 0.2) is 0 Å². The van der Waals surface area contributed by atoms with E-state index in [-0.39, 0.29) is 11.4 Å². The SMILES string of the molecule is CCC(C)(C)C(=O)OCCCCCCOc1ccc(N=Nc2ccc(OC)cc2)cc1. The Morgan fingerprint density at radius 2 is 1.32 bits per heavy atom. The van der Waals surface area contributed by atoms with Crippen molar-refractivity contribution in [2.75, 3.05) is 20.3 Å². The molecule has 0 aliphatic carbocycles. The van der Waals surface area contributed by atoms with Crippen LogP contribution in [0, 0.1) is 5.41 Å². The molecule has 0 saturated heterocycles. The number of rotatable bonds is 13. The average Bonchev–Trinajstić information content (AvgIpc) is 2.80. The maximum atomic E-state index is 11.9. The third-order valence-corrected chi connectivity index (χ3v) is 5.17. The van der Waals surface area contributed by atoms with Gasteiger partial charge in [0.25, 0.3) is 0 Å². The number of hydrogen-bond acceptors (Lipinski definition) is 6. The van der Waals surface area contributed by atoms with E-state index in [1.807, 2.05) is 69.3 Å². The fourth-order valence-corrected chi connectivity index (χ4v) is 2.63. The molecule has 168 valence electrons. The number of esters is 1. The van der Waals surface area contributed by atoms with Gasteiger partial charge in [0.1, 0.15) is 11.5 Å². The standard InChI is InChI=1S/C25H34N2O4/c1-5-25(2,3)24(28)31-19-9-7-6-8-18-30-23-16-12-21(13-17-23)27-26-20-10-14-22(29-4)15-11-20/h10-17H,5-9,18-19H2,1-4H3. The summed E-state index contributed by atoms with van der Waals surface area (Å²) in [5.41, 5.74) is 1.15. The Balaban J connectivity index is 1.60. The van der Waals surface area contributed by atoms with Crippen LogP contribution in [-0.2, 0) is 9.53 Å². The Hall–Kier alpha value is -2.89. The van der Waals surface area contributed by atoms with Crippen molar-refractivity contribution in [2.45, 2.75) is 52.9 Å². The van der Waals surface area contributed by atoms with Crippen LogP contribution in [0.25, 0.3) is 0 Å². The Morgan fingerprint density at radius 1 is 0.806 bits per heavy atom. The monoisotopic (exact) mass is 426 g/mol. The van der Waals surface area contributed by atoms with Crippen LogP contribution in [0.3, 0.4) is 0 Å². The van der Waals surface area contributed by atoms with Crippen molar-refractivity contribution in [1.29, 1.82) is 0 Å². The van der Waals surface area contributed by atoms with Gasteiger partial charge in [-0.05, 0) is 94.5 Å². The summed E-state index contributed by atoms with van der Waals surface area (Å²) in [5, 5.41) is 8.46. The first-order chi connectivity index (χ1) is 14.9. The van der Waals surface area contributed by atoms with E-state index in [2.05, 4.69) is 10.2 Å². The Bertz CT molecular complexity index is 814. The van der Waals surface area contributed by atoms with Gasteiger partial charge in [-0.25, -0.2) is 0 Å². The van der Waals surface area contributed by atoms with Gasteiger partial charge in [-0.2, -0.15) is 10.2 Å². The van der Waals surface area contributed by atoms with Crippen LogP contribution in [0.4, 0.5) is 11.4 Å². The molecule has 2 aromatic rings. The number of hydrogen-bond donors (Lipinski definition) is 0. The van der Waals surface area contributed by atoms with E-state index in [0.29, 0.717) is 13.2 Å². The number of azo groups is 1. The van der Waals surface area contributed by atoms with E-state index < -0.39 is 0 Å². The molecule has 2 rings (SSSR count). The minimum Gasteiger partial charge on any atom is -0.497 e. The summed E-state index contributed by atoms with van der Waals surface area (Å²) in [6.45, 7) is 7.00. The molecule has 0 bridgehead atoms. The predicted octanol–water partition coefficient (Wildman–Crippen LogP) is 7.03. The highest BCUT2D eigenvalue weighted by Gasteiger charge is 2.26. The number of benzene rings is 2. The molecule has 0 atom stereocenters. The molecule has 0 aliphatic rings. The van der Waals surface area contributed by atoms with Gasteiger partial charge in [-0.15, -0.1) is 0 Å². The predicted molar refractivity (Wildman–Crippen MR) is 123 cm³/mol. The molecule has 0 radical (unpaired) electrons. The Morgan fingerprint density at radius 3 is 1.84 bits per heavy atom. The second kappa shape index (κ2) is 12.7. The molecular formula is C25H34N2O4. The first kappa shape index (κ1) is 24.4. The third-order valence-electron chi connectivity index (χ3n) is 5.17. The van der Waals surface area contributed by atoms with Crippen molar-refractivity contribution in [2.24, 2.45) is 15.6 Å². The second-order valence-electron chi connectivity index (χ2n) is 8.03. The summed E-state index contributed by atoms with van der Waals surface area (Å²) in [6.07, 6.45) is 4.71. The Kier molecular flexibility index (Phi) is 10.0. The fraction of sp³-hybridized carbons (Fsp3) is 0.480. The van der Waals surface area contributed by atoms with Gasteiger partial charge in [0.05, 0.1) is 37.1 Å². The molecule has 0 N–H and O–H groups in total. The summed E-state index contributed by atoms with van der Waals surface area (Å²) >= 11 is 0. The van der Waals surface area contributed by atoms with Gasteiger partial charge in [0, 0.05) is 0 Å². The van der Waals surface area contributed by atoms with Crippen molar-refractivity contribution in [3.8, 4) is 11.5 Å². The molecule has 0 aliphatic heterocycles. The highest BCUT2D eigenvalue weighted by molar-refractivity contribution is 5.75. The molecule has 0 amide bonds. The molecule has 0 saturated carbocycles. The van der Waals surface area contributed by atoms with Crippen molar-refractivity contribution >= 4 is 17.3 Å². The molecule has 6 nitrogen and oxygen atoms in total. The van der Waals surface area contributed by atoms with E-state index in [1.165, 1.54) is 0 Å². The normalized spacial score (nSPS) is 11.5. The average molecular weight is 427 g/mol. The molecule has 6 heteroatoms. The zero-order valence-corrected chi connectivity index (χ0v) is 19.1. The fourth-order valence-electron chi connectivity index (χ4n) is 2.63. The Labute approximate surface area is 185 Å². The van der Waals surface area contributed by atoms with Crippen LogP contribution >= 0.6 is 0 Å². The van der Waals surface area contributed by atoms with Gasteiger partial charge < -0.3 is 14.2 Å². The molecule has 0 heterocycles. The molecule has 31 heavy (non-hydrogen) atoms. The lowest BCUT2D eigenvalue weighted by Gasteiger charge is -2.20. The van der Waals surface area contributed by atoms with Crippen LogP contribution < -0.4 is 9.47 Å². The van der Waals surface area contributed by atoms with Crippen LogP contribution in [0.1, 0.15) is 52.9 Å². The molecule has 0 aromatic heterocycles. The highest BCUT2D eigenvalue weighted by atomic mass is 16.5. The third kappa shape index (κ3) is 8.79. The minimum absolute atomic E-state index is 0.106. The number of methoxy groups -OCH3 is 1. The van der Waals surface area contributed by atoms with Gasteiger partial charge in [-0.1, -0.05) is 6.92 Å². The van der Waals surface area contributed by atoms with E-state index in [4.69, 9.17) is 14.2 Å². The first-order valence-electron chi connectivity index (χ1n) is 10.9. The molecule has 0 spiro atoms. The van der Waals surface area contributed by atoms with E-state index in [1.54, 1.807) is 7.11 Å². The molecule has 0 unspecified atom stereocenters. The summed E-state index contributed by atoms with van der Waals surface area (Å²) < 4.78 is 16.3. The van der Waals surface area contributed by atoms with Crippen LogP contribution in [0.5, 0.6) is 11.5 Å². The van der Waals surface area contributed by atoms with E-state index >= 15 is 0 Å². The topological polar surface area (TPSA) is 69.5 Å². The minimum atomic E-state index is -0.388. The van der Waals surface area contributed by atoms with Gasteiger partial charge in [-0.3, -0.25) is 4.79 Å². The molecule has 0 fully saturated rings. The number of unbranched alkanes of at least 4 members (excludes halogenated alkanes) is 3. The number of carbonyl (C=O) groups excluding carboxylic acids is 1. The van der Waals surface area contributed by atoms with Crippen molar-refractivity contribution < 1.29 is 19.0 Å². The zero-order valence-electron chi connectivity index (χ0n) is 19.1. The van der Waals surface area contributed by atoms with E-state index in [9.17, 15) is 4.79 Å². The van der Waals surface area contributed by atoms with Gasteiger partial charge in [0.2, 0.25) is 0 Å². The maximum absolute atomic E-state index is 11.9. The van der Waals surface area contributed by atoms with Crippen molar-refractivity contribution in [3.63, 3.8) is 0 Å². The quantitative estimate of drug-likeness (QED) is 0.196. The largest absolute Gasteiger partial charge is 0.497 e. The lowest BCUT2D eigenvalue weighted by Crippen LogP contribution is -2.26. The lowest BCUT2D eigenvalue weighted by atomic mass is 9.91.